The van der Waals surface area contributed by atoms with Gasteiger partial charge in [-0.2, -0.15) is 0 Å². The quantitative estimate of drug-likeness (QED) is 0.184. The lowest BCUT2D eigenvalue weighted by Gasteiger charge is -2.28. The van der Waals surface area contributed by atoms with Crippen molar-refractivity contribution < 1.29 is 42.1 Å². The molecule has 1 heterocycles. The lowest BCUT2D eigenvalue weighted by molar-refractivity contribution is -0.274. The number of benzene rings is 2. The molecule has 1 saturated carbocycles. The van der Waals surface area contributed by atoms with Gasteiger partial charge in [0.2, 0.25) is 0 Å². The Kier molecular flexibility index (Phi) is 10.3. The number of carbonyl (C=O) groups excluding carboxylic acids is 2. The molecule has 1 aliphatic rings. The van der Waals surface area contributed by atoms with Crippen LogP contribution in [0.4, 0.5) is 29.3 Å². The van der Waals surface area contributed by atoms with E-state index in [4.69, 9.17) is 27.9 Å². The Labute approximate surface area is 258 Å². The van der Waals surface area contributed by atoms with Crippen molar-refractivity contribution in [1.82, 2.24) is 5.32 Å². The average Bonchev–Trinajstić information content (AvgIpc) is 3.36. The Bertz CT molecular complexity index is 1470. The summed E-state index contributed by atoms with van der Waals surface area (Å²) in [6.07, 6.45) is -0.907. The number of urea groups is 1. The summed E-state index contributed by atoms with van der Waals surface area (Å²) in [5.41, 5.74) is 0.555. The van der Waals surface area contributed by atoms with Crippen LogP contribution in [-0.4, -0.2) is 42.5 Å². The van der Waals surface area contributed by atoms with Crippen LogP contribution >= 0.6 is 34.5 Å². The molecule has 2 aromatic carbocycles. The Morgan fingerprint density at radius 3 is 2.16 bits per heavy atom. The van der Waals surface area contributed by atoms with Crippen LogP contribution in [0, 0.1) is 5.92 Å². The molecule has 0 aliphatic heterocycles. The van der Waals surface area contributed by atoms with Gasteiger partial charge in [-0.15, -0.1) is 24.5 Å². The van der Waals surface area contributed by atoms with Crippen LogP contribution in [0.25, 0.3) is 10.4 Å². The topological polar surface area (TPSA) is 126 Å². The summed E-state index contributed by atoms with van der Waals surface area (Å²) in [5, 5.41) is 16.7. The molecule has 4 N–H and O–H groups in total. The van der Waals surface area contributed by atoms with Crippen molar-refractivity contribution in [3.05, 3.63) is 57.4 Å². The molecular weight excluding hydrogens is 634 g/mol. The SMILES string of the molecule is COc1ccc(-c2cc(NC(=O)Nc3c(Cl)cc(OC(F)(F)F)cc3Cl)c(C(=O)N[C@H](C(=O)O)C3CCCCC3)s2)cc1. The third kappa shape index (κ3) is 8.46. The first kappa shape index (κ1) is 32.2. The molecule has 1 aromatic heterocycles. The number of hydrogen-bond donors (Lipinski definition) is 4. The van der Waals surface area contributed by atoms with E-state index in [0.29, 0.717) is 29.0 Å². The summed E-state index contributed by atoms with van der Waals surface area (Å²) in [5.74, 6) is -2.15. The van der Waals surface area contributed by atoms with Crippen LogP contribution in [0.2, 0.25) is 10.0 Å². The number of anilines is 2. The second kappa shape index (κ2) is 13.7. The fourth-order valence-electron chi connectivity index (χ4n) is 4.73. The minimum absolute atomic E-state index is 0.0362. The highest BCUT2D eigenvalue weighted by atomic mass is 35.5. The van der Waals surface area contributed by atoms with E-state index < -0.39 is 36.1 Å². The Morgan fingerprint density at radius 1 is 0.977 bits per heavy atom. The number of ether oxygens (including phenoxy) is 2. The van der Waals surface area contributed by atoms with Gasteiger partial charge in [-0.3, -0.25) is 4.79 Å². The van der Waals surface area contributed by atoms with Gasteiger partial charge in [0.05, 0.1) is 28.5 Å². The predicted molar refractivity (Wildman–Crippen MR) is 158 cm³/mol. The standard InChI is InChI=1S/C28H26Cl2F3N3O6S/c1-41-16-9-7-14(8-10-16)21-13-20(24(43-21)25(37)35-22(26(38)39)15-5-3-2-4-6-15)34-27(40)36-23-18(29)11-17(12-19(23)30)42-28(31,32)33/h7-13,15,22H,2-6H2,1H3,(H,35,37)(H,38,39)(H2,34,36,40)/t22-/m0/s1. The number of thiophene rings is 1. The monoisotopic (exact) mass is 659 g/mol. The maximum atomic E-state index is 13.5. The zero-order valence-corrected chi connectivity index (χ0v) is 24.8. The van der Waals surface area contributed by atoms with E-state index in [2.05, 4.69) is 20.7 Å². The molecule has 1 aliphatic carbocycles. The zero-order valence-electron chi connectivity index (χ0n) is 22.5. The van der Waals surface area contributed by atoms with E-state index in [1.165, 1.54) is 7.11 Å². The van der Waals surface area contributed by atoms with Gasteiger partial charge in [0, 0.05) is 17.0 Å². The molecule has 0 unspecified atom stereocenters. The number of carbonyl (C=O) groups is 3. The van der Waals surface area contributed by atoms with Gasteiger partial charge in [0.25, 0.3) is 5.91 Å². The van der Waals surface area contributed by atoms with Crippen molar-refractivity contribution >= 4 is 63.8 Å². The number of alkyl halides is 3. The third-order valence-electron chi connectivity index (χ3n) is 6.72. The van der Waals surface area contributed by atoms with Crippen LogP contribution in [-0.2, 0) is 4.79 Å². The highest BCUT2D eigenvalue weighted by Crippen LogP contribution is 2.39. The normalized spacial score (nSPS) is 14.5. The minimum Gasteiger partial charge on any atom is -0.497 e. The van der Waals surface area contributed by atoms with Gasteiger partial charge in [-0.05, 0) is 54.7 Å². The van der Waals surface area contributed by atoms with E-state index >= 15 is 0 Å². The van der Waals surface area contributed by atoms with Crippen molar-refractivity contribution in [2.45, 2.75) is 44.5 Å². The summed E-state index contributed by atoms with van der Waals surface area (Å²) in [6, 6.07) is 8.12. The number of methoxy groups -OCH3 is 1. The van der Waals surface area contributed by atoms with Gasteiger partial charge < -0.3 is 30.5 Å². The van der Waals surface area contributed by atoms with E-state index in [1.54, 1.807) is 30.3 Å². The lowest BCUT2D eigenvalue weighted by Crippen LogP contribution is -2.46. The number of nitrogens with one attached hydrogen (secondary N) is 3. The highest BCUT2D eigenvalue weighted by molar-refractivity contribution is 7.18. The van der Waals surface area contributed by atoms with Crippen LogP contribution in [0.15, 0.2) is 42.5 Å². The second-order valence-electron chi connectivity index (χ2n) is 9.66. The Hall–Kier alpha value is -3.68. The van der Waals surface area contributed by atoms with Gasteiger partial charge in [0.1, 0.15) is 22.4 Å². The molecule has 4 rings (SSSR count). The molecular formula is C28H26Cl2F3N3O6S. The van der Waals surface area contributed by atoms with Gasteiger partial charge in [0.15, 0.2) is 0 Å². The molecule has 15 heteroatoms. The molecule has 3 aromatic rings. The zero-order chi connectivity index (χ0) is 31.3. The van der Waals surface area contributed by atoms with Crippen molar-refractivity contribution in [2.75, 3.05) is 17.7 Å². The molecule has 0 bridgehead atoms. The molecule has 0 radical (unpaired) electrons. The number of rotatable bonds is 9. The average molecular weight is 660 g/mol. The number of carboxylic acid groups (broad SMARTS) is 1. The summed E-state index contributed by atoms with van der Waals surface area (Å²) in [4.78, 5) is 39.2. The molecule has 9 nitrogen and oxygen atoms in total. The minimum atomic E-state index is -4.98. The van der Waals surface area contributed by atoms with Gasteiger partial charge >= 0.3 is 18.4 Å². The molecule has 0 spiro atoms. The first-order chi connectivity index (χ1) is 20.3. The smallest absolute Gasteiger partial charge is 0.497 e. The van der Waals surface area contributed by atoms with Crippen molar-refractivity contribution in [3.8, 4) is 21.9 Å². The third-order valence-corrected chi connectivity index (χ3v) is 8.50. The number of halogens is 5. The first-order valence-corrected chi connectivity index (χ1v) is 14.6. The van der Waals surface area contributed by atoms with Crippen molar-refractivity contribution in [1.29, 1.82) is 0 Å². The molecule has 1 fully saturated rings. The second-order valence-corrected chi connectivity index (χ2v) is 11.5. The van der Waals surface area contributed by atoms with E-state index in [9.17, 15) is 32.7 Å². The lowest BCUT2D eigenvalue weighted by atomic mass is 9.84. The molecule has 1 atom stereocenters. The van der Waals surface area contributed by atoms with E-state index in [-0.39, 0.29) is 32.2 Å². The summed E-state index contributed by atoms with van der Waals surface area (Å²) in [7, 11) is 1.52. The summed E-state index contributed by atoms with van der Waals surface area (Å²) < 4.78 is 46.8. The molecule has 230 valence electrons. The number of carboxylic acids is 1. The van der Waals surface area contributed by atoms with E-state index in [1.807, 2.05) is 0 Å². The van der Waals surface area contributed by atoms with Gasteiger partial charge in [-0.25, -0.2) is 9.59 Å². The predicted octanol–water partition coefficient (Wildman–Crippen LogP) is 8.04. The fourth-order valence-corrected chi connectivity index (χ4v) is 6.32. The maximum Gasteiger partial charge on any atom is 0.573 e. The molecule has 43 heavy (non-hydrogen) atoms. The largest absolute Gasteiger partial charge is 0.573 e. The maximum absolute atomic E-state index is 13.5. The van der Waals surface area contributed by atoms with Crippen LogP contribution in [0.1, 0.15) is 41.8 Å². The summed E-state index contributed by atoms with van der Waals surface area (Å²) >= 11 is 13.2. The van der Waals surface area contributed by atoms with Crippen molar-refractivity contribution in [3.63, 3.8) is 0 Å². The Balaban J connectivity index is 1.61. The number of hydrogen-bond acceptors (Lipinski definition) is 6. The highest BCUT2D eigenvalue weighted by Gasteiger charge is 2.33. The van der Waals surface area contributed by atoms with Crippen LogP contribution in [0.3, 0.4) is 0 Å². The van der Waals surface area contributed by atoms with Gasteiger partial charge in [-0.1, -0.05) is 42.5 Å². The molecule has 0 saturated heterocycles. The fraction of sp³-hybridized carbons (Fsp3) is 0.321. The summed E-state index contributed by atoms with van der Waals surface area (Å²) in [6.45, 7) is 0. The van der Waals surface area contributed by atoms with Crippen molar-refractivity contribution in [2.24, 2.45) is 5.92 Å². The Morgan fingerprint density at radius 2 is 1.60 bits per heavy atom. The van der Waals surface area contributed by atoms with E-state index in [0.717, 1.165) is 42.7 Å². The van der Waals surface area contributed by atoms with Crippen LogP contribution in [0.5, 0.6) is 11.5 Å². The number of aliphatic carboxylic acids is 1. The molecule has 3 amide bonds. The number of amides is 3. The first-order valence-electron chi connectivity index (χ1n) is 13.0. The van der Waals surface area contributed by atoms with Crippen LogP contribution < -0.4 is 25.4 Å².